The molecule has 0 aliphatic rings. The van der Waals surface area contributed by atoms with Crippen LogP contribution in [0.1, 0.15) is 24.0 Å². The first-order valence-electron chi connectivity index (χ1n) is 7.71. The van der Waals surface area contributed by atoms with E-state index in [4.69, 9.17) is 16.3 Å². The lowest BCUT2D eigenvalue weighted by atomic mass is 10.1. The van der Waals surface area contributed by atoms with E-state index in [0.29, 0.717) is 17.9 Å². The zero-order valence-electron chi connectivity index (χ0n) is 13.0. The molecule has 0 amide bonds. The van der Waals surface area contributed by atoms with Gasteiger partial charge in [-0.25, -0.2) is 4.79 Å². The lowest BCUT2D eigenvalue weighted by molar-refractivity contribution is -0.145. The lowest BCUT2D eigenvalue weighted by Crippen LogP contribution is -2.05. The van der Waals surface area contributed by atoms with E-state index in [0.717, 1.165) is 28.6 Å². The molecule has 0 saturated carbocycles. The molecule has 124 valence electrons. The number of nitrogens with one attached hydrogen (secondary N) is 2. The first kappa shape index (κ1) is 16.3. The van der Waals surface area contributed by atoms with E-state index in [-0.39, 0.29) is 18.3 Å². The fourth-order valence-electron chi connectivity index (χ4n) is 2.53. The average Bonchev–Trinajstić information content (AvgIpc) is 2.92. The third-order valence-electron chi connectivity index (χ3n) is 3.72. The zero-order valence-corrected chi connectivity index (χ0v) is 13.7. The number of imidazole rings is 1. The number of benzene rings is 2. The topological polar surface area (TPSA) is 75.0 Å². The van der Waals surface area contributed by atoms with Gasteiger partial charge in [0.1, 0.15) is 6.61 Å². The summed E-state index contributed by atoms with van der Waals surface area (Å²) in [7, 11) is 0. The van der Waals surface area contributed by atoms with Gasteiger partial charge in [0.15, 0.2) is 0 Å². The maximum absolute atomic E-state index is 11.8. The standard InChI is InChI=1S/C18H17ClN2O3/c19-14-5-1-4-13(9-14)11-24-17(22)6-2-3-12-7-8-15-16(10-12)21-18(23)20-15/h1,4-5,7-10H,2-3,6,11H2,(H2,20,21,23). The number of hydrogen-bond acceptors (Lipinski definition) is 3. The van der Waals surface area contributed by atoms with Crippen molar-refractivity contribution in [2.24, 2.45) is 0 Å². The molecule has 5 nitrogen and oxygen atoms in total. The molecule has 1 heterocycles. The van der Waals surface area contributed by atoms with E-state index in [1.807, 2.05) is 30.3 Å². The van der Waals surface area contributed by atoms with Crippen molar-refractivity contribution in [3.8, 4) is 0 Å². The van der Waals surface area contributed by atoms with E-state index in [1.165, 1.54) is 0 Å². The Hall–Kier alpha value is -2.53. The highest BCUT2D eigenvalue weighted by Gasteiger charge is 2.05. The fourth-order valence-corrected chi connectivity index (χ4v) is 2.75. The van der Waals surface area contributed by atoms with Crippen LogP contribution in [0.15, 0.2) is 47.3 Å². The number of carbonyl (C=O) groups excluding carboxylic acids is 1. The van der Waals surface area contributed by atoms with Crippen molar-refractivity contribution in [3.63, 3.8) is 0 Å². The van der Waals surface area contributed by atoms with E-state index in [2.05, 4.69) is 9.97 Å². The van der Waals surface area contributed by atoms with Crippen LogP contribution in [-0.4, -0.2) is 15.9 Å². The molecule has 0 spiro atoms. The number of fused-ring (bicyclic) bond motifs is 1. The summed E-state index contributed by atoms with van der Waals surface area (Å²) in [6.07, 6.45) is 1.78. The number of carbonyl (C=O) groups is 1. The smallest absolute Gasteiger partial charge is 0.323 e. The summed E-state index contributed by atoms with van der Waals surface area (Å²) in [6, 6.07) is 13.0. The highest BCUT2D eigenvalue weighted by molar-refractivity contribution is 6.30. The van der Waals surface area contributed by atoms with Gasteiger partial charge in [0.2, 0.25) is 0 Å². The van der Waals surface area contributed by atoms with Crippen LogP contribution in [0.4, 0.5) is 0 Å². The van der Waals surface area contributed by atoms with Gasteiger partial charge in [0.05, 0.1) is 11.0 Å². The van der Waals surface area contributed by atoms with Gasteiger partial charge in [-0.15, -0.1) is 0 Å². The van der Waals surface area contributed by atoms with Crippen LogP contribution in [0, 0.1) is 0 Å². The summed E-state index contributed by atoms with van der Waals surface area (Å²) >= 11 is 5.89. The molecule has 0 unspecified atom stereocenters. The molecule has 2 aromatic carbocycles. The molecular weight excluding hydrogens is 328 g/mol. The Morgan fingerprint density at radius 1 is 1.04 bits per heavy atom. The molecule has 0 fully saturated rings. The van der Waals surface area contributed by atoms with Crippen molar-refractivity contribution in [3.05, 3.63) is 69.1 Å². The Bertz CT molecular complexity index is 914. The van der Waals surface area contributed by atoms with E-state index in [1.54, 1.807) is 12.1 Å². The average molecular weight is 345 g/mol. The second-order valence-electron chi connectivity index (χ2n) is 5.60. The summed E-state index contributed by atoms with van der Waals surface area (Å²) in [5.74, 6) is -0.230. The second kappa shape index (κ2) is 7.36. The molecular formula is C18H17ClN2O3. The molecule has 24 heavy (non-hydrogen) atoms. The third-order valence-corrected chi connectivity index (χ3v) is 3.95. The van der Waals surface area contributed by atoms with Gasteiger partial charge < -0.3 is 14.7 Å². The van der Waals surface area contributed by atoms with Crippen LogP contribution in [0.5, 0.6) is 0 Å². The van der Waals surface area contributed by atoms with E-state index < -0.39 is 0 Å². The van der Waals surface area contributed by atoms with E-state index in [9.17, 15) is 9.59 Å². The Labute approximate surface area is 143 Å². The summed E-state index contributed by atoms with van der Waals surface area (Å²) < 4.78 is 5.24. The highest BCUT2D eigenvalue weighted by atomic mass is 35.5. The Kier molecular flexibility index (Phi) is 5.01. The van der Waals surface area contributed by atoms with Crippen molar-refractivity contribution in [1.29, 1.82) is 0 Å². The van der Waals surface area contributed by atoms with Crippen molar-refractivity contribution in [2.45, 2.75) is 25.9 Å². The number of aromatic nitrogens is 2. The first-order valence-corrected chi connectivity index (χ1v) is 8.09. The second-order valence-corrected chi connectivity index (χ2v) is 6.04. The van der Waals surface area contributed by atoms with Crippen LogP contribution in [0.3, 0.4) is 0 Å². The molecule has 3 rings (SSSR count). The number of aryl methyl sites for hydroxylation is 1. The van der Waals surface area contributed by atoms with Crippen LogP contribution < -0.4 is 5.69 Å². The molecule has 0 bridgehead atoms. The molecule has 2 N–H and O–H groups in total. The number of hydrogen-bond donors (Lipinski definition) is 2. The minimum Gasteiger partial charge on any atom is -0.461 e. The van der Waals surface area contributed by atoms with Crippen LogP contribution >= 0.6 is 11.6 Å². The van der Waals surface area contributed by atoms with E-state index >= 15 is 0 Å². The largest absolute Gasteiger partial charge is 0.461 e. The SMILES string of the molecule is O=C(CCCc1ccc2[nH]c(=O)[nH]c2c1)OCc1cccc(Cl)c1. The fraction of sp³-hybridized carbons (Fsp3) is 0.222. The first-order chi connectivity index (χ1) is 11.6. The quantitative estimate of drug-likeness (QED) is 0.671. The molecule has 0 radical (unpaired) electrons. The number of halogens is 1. The van der Waals surface area contributed by atoms with Crippen LogP contribution in [0.2, 0.25) is 5.02 Å². The molecule has 0 aliphatic heterocycles. The Balaban J connectivity index is 1.46. The predicted octanol–water partition coefficient (Wildman–Crippen LogP) is 3.58. The summed E-state index contributed by atoms with van der Waals surface area (Å²) in [4.78, 5) is 28.5. The van der Waals surface area contributed by atoms with Crippen LogP contribution in [-0.2, 0) is 22.6 Å². The van der Waals surface area contributed by atoms with Gasteiger partial charge in [-0.05, 0) is 48.2 Å². The van der Waals surface area contributed by atoms with Gasteiger partial charge in [0.25, 0.3) is 0 Å². The number of H-pyrrole nitrogens is 2. The van der Waals surface area contributed by atoms with Crippen molar-refractivity contribution in [2.75, 3.05) is 0 Å². The van der Waals surface area contributed by atoms with Gasteiger partial charge in [-0.1, -0.05) is 29.8 Å². The highest BCUT2D eigenvalue weighted by Crippen LogP contribution is 2.14. The molecule has 1 aromatic heterocycles. The monoisotopic (exact) mass is 344 g/mol. The molecule has 6 heteroatoms. The lowest BCUT2D eigenvalue weighted by Gasteiger charge is -2.05. The Morgan fingerprint density at radius 2 is 1.88 bits per heavy atom. The molecule has 0 aliphatic carbocycles. The number of aromatic amines is 2. The minimum atomic E-state index is -0.230. The van der Waals surface area contributed by atoms with Gasteiger partial charge in [-0.2, -0.15) is 0 Å². The van der Waals surface area contributed by atoms with Crippen molar-refractivity contribution in [1.82, 2.24) is 9.97 Å². The van der Waals surface area contributed by atoms with Crippen molar-refractivity contribution >= 4 is 28.6 Å². The maximum atomic E-state index is 11.8. The number of ether oxygens (including phenoxy) is 1. The minimum absolute atomic E-state index is 0.216. The van der Waals surface area contributed by atoms with Crippen molar-refractivity contribution < 1.29 is 9.53 Å². The third kappa shape index (κ3) is 4.26. The van der Waals surface area contributed by atoms with Crippen LogP contribution in [0.25, 0.3) is 11.0 Å². The maximum Gasteiger partial charge on any atom is 0.323 e. The number of rotatable bonds is 6. The predicted molar refractivity (Wildman–Crippen MR) is 93.1 cm³/mol. The molecule has 3 aromatic rings. The summed E-state index contributed by atoms with van der Waals surface area (Å²) in [6.45, 7) is 0.232. The molecule has 0 atom stereocenters. The Morgan fingerprint density at radius 3 is 2.71 bits per heavy atom. The van der Waals surface area contributed by atoms with Gasteiger partial charge >= 0.3 is 11.7 Å². The number of esters is 1. The van der Waals surface area contributed by atoms with Gasteiger partial charge in [0, 0.05) is 11.4 Å². The van der Waals surface area contributed by atoms with Gasteiger partial charge in [-0.3, -0.25) is 4.79 Å². The summed E-state index contributed by atoms with van der Waals surface area (Å²) in [5.41, 5.74) is 3.29. The summed E-state index contributed by atoms with van der Waals surface area (Å²) in [5, 5.41) is 0.627. The normalized spacial score (nSPS) is 10.9. The zero-order chi connectivity index (χ0) is 16.9. The molecule has 0 saturated heterocycles.